The second-order valence-corrected chi connectivity index (χ2v) is 11.2. The van der Waals surface area contributed by atoms with E-state index in [0.717, 1.165) is 24.3 Å². The van der Waals surface area contributed by atoms with Gasteiger partial charge >= 0.3 is 12.3 Å². The number of anilines is 1. The first-order valence-electron chi connectivity index (χ1n) is 9.72. The lowest BCUT2D eigenvalue weighted by Gasteiger charge is -2.12. The molecular formula is C21H15F3INO9S2. The molecule has 0 saturated carbocycles. The van der Waals surface area contributed by atoms with Gasteiger partial charge < -0.3 is 14.2 Å². The first kappa shape index (κ1) is 28.5. The highest BCUT2D eigenvalue weighted by Crippen LogP contribution is 2.27. The van der Waals surface area contributed by atoms with Crippen molar-refractivity contribution in [1.82, 2.24) is 0 Å². The summed E-state index contributed by atoms with van der Waals surface area (Å²) < 4.78 is 110. The molecule has 0 saturated heterocycles. The zero-order valence-corrected chi connectivity index (χ0v) is 21.9. The van der Waals surface area contributed by atoms with E-state index in [1.54, 1.807) is 22.6 Å². The van der Waals surface area contributed by atoms with Crippen LogP contribution in [-0.4, -0.2) is 40.3 Å². The number of alkyl halides is 3. The van der Waals surface area contributed by atoms with E-state index in [0.29, 0.717) is 6.07 Å². The highest BCUT2D eigenvalue weighted by molar-refractivity contribution is 14.1. The third kappa shape index (κ3) is 8.48. The fourth-order valence-electron chi connectivity index (χ4n) is 2.73. The minimum Gasteiger partial charge on any atom is -0.482 e. The van der Waals surface area contributed by atoms with Crippen molar-refractivity contribution >= 4 is 54.4 Å². The van der Waals surface area contributed by atoms with Crippen LogP contribution >= 0.6 is 22.6 Å². The van der Waals surface area contributed by atoms with E-state index >= 15 is 0 Å². The molecule has 3 rings (SSSR count). The number of hydrogen-bond donors (Lipinski definition) is 2. The molecule has 10 nitrogen and oxygen atoms in total. The third-order valence-electron chi connectivity index (χ3n) is 4.23. The summed E-state index contributed by atoms with van der Waals surface area (Å²) in [5.41, 5.74) is 0.0340. The summed E-state index contributed by atoms with van der Waals surface area (Å²) in [7, 11) is -8.67. The number of hydrogen-bond acceptors (Lipinski definition) is 8. The molecule has 0 fully saturated rings. The average Bonchev–Trinajstić information content (AvgIpc) is 2.77. The van der Waals surface area contributed by atoms with Gasteiger partial charge in [0.15, 0.2) is 6.61 Å². The summed E-state index contributed by atoms with van der Waals surface area (Å²) in [4.78, 5) is 11.2. The minimum absolute atomic E-state index is 0.0340. The minimum atomic E-state index is -4.99. The van der Waals surface area contributed by atoms with E-state index < -0.39 is 49.7 Å². The molecule has 0 atom stereocenters. The van der Waals surface area contributed by atoms with E-state index in [1.165, 1.54) is 36.4 Å². The fourth-order valence-corrected chi connectivity index (χ4v) is 5.69. The van der Waals surface area contributed by atoms with Crippen molar-refractivity contribution < 1.29 is 53.6 Å². The van der Waals surface area contributed by atoms with Gasteiger partial charge in [-0.15, -0.1) is 13.2 Å². The molecule has 37 heavy (non-hydrogen) atoms. The molecule has 0 heterocycles. The van der Waals surface area contributed by atoms with Crippen molar-refractivity contribution in [2.24, 2.45) is 0 Å². The van der Waals surface area contributed by atoms with Gasteiger partial charge in [-0.1, -0.05) is 6.07 Å². The predicted octanol–water partition coefficient (Wildman–Crippen LogP) is 4.22. The fraction of sp³-hybridized carbons (Fsp3) is 0.0952. The van der Waals surface area contributed by atoms with Gasteiger partial charge in [0.05, 0.1) is 4.90 Å². The zero-order chi connectivity index (χ0) is 27.4. The molecule has 2 N–H and O–H groups in total. The Bertz CT molecular complexity index is 1510. The maximum Gasteiger partial charge on any atom is 0.573 e. The summed E-state index contributed by atoms with van der Waals surface area (Å²) in [6, 6.07) is 12.5. The number of rotatable bonds is 9. The van der Waals surface area contributed by atoms with E-state index in [2.05, 4.69) is 9.46 Å². The topological polar surface area (TPSA) is 145 Å². The summed E-state index contributed by atoms with van der Waals surface area (Å²) in [6.45, 7) is -0.550. The van der Waals surface area contributed by atoms with E-state index in [4.69, 9.17) is 14.0 Å². The number of carbonyl (C=O) groups excluding carboxylic acids is 1. The van der Waals surface area contributed by atoms with Gasteiger partial charge in [-0.25, -0.2) is 13.2 Å². The Morgan fingerprint density at radius 1 is 0.919 bits per heavy atom. The van der Waals surface area contributed by atoms with Crippen LogP contribution in [0.3, 0.4) is 0 Å². The first-order valence-corrected chi connectivity index (χ1v) is 13.7. The van der Waals surface area contributed by atoms with E-state index in [-0.39, 0.29) is 25.7 Å². The number of halogens is 4. The molecule has 0 aromatic heterocycles. The lowest BCUT2D eigenvalue weighted by Crippen LogP contribution is -2.18. The lowest BCUT2D eigenvalue weighted by atomic mass is 10.3. The van der Waals surface area contributed by atoms with Gasteiger partial charge in [0.25, 0.3) is 20.1 Å². The summed E-state index contributed by atoms with van der Waals surface area (Å²) >= 11 is 1.67. The van der Waals surface area contributed by atoms with Gasteiger partial charge in [-0.3, -0.25) is 9.27 Å². The maximum atomic E-state index is 12.5. The Labute approximate surface area is 222 Å². The van der Waals surface area contributed by atoms with E-state index in [9.17, 15) is 34.8 Å². The summed E-state index contributed by atoms with van der Waals surface area (Å²) in [6.07, 6.45) is -4.99. The number of sulfonamides is 1. The van der Waals surface area contributed by atoms with E-state index in [1.807, 2.05) is 0 Å². The second-order valence-electron chi connectivity index (χ2n) is 6.98. The molecule has 0 aliphatic carbocycles. The molecule has 198 valence electrons. The molecule has 3 aromatic carbocycles. The molecule has 0 amide bonds. The Balaban J connectivity index is 1.59. The SMILES string of the molecule is O=C(COc1ccc(S(=O)(=O)O)c(I)c1)Oc1ccc(NS(=O)(=O)c2cccc(OC(F)(F)F)c2)cc1. The van der Waals surface area contributed by atoms with Crippen LogP contribution in [-0.2, 0) is 24.9 Å². The predicted molar refractivity (Wildman–Crippen MR) is 130 cm³/mol. The molecule has 0 spiro atoms. The van der Waals surface area contributed by atoms with Crippen LogP contribution in [0.5, 0.6) is 17.2 Å². The van der Waals surface area contributed by atoms with Crippen molar-refractivity contribution in [1.29, 1.82) is 0 Å². The number of esters is 1. The second kappa shape index (κ2) is 11.1. The lowest BCUT2D eigenvalue weighted by molar-refractivity contribution is -0.274. The molecule has 3 aromatic rings. The Morgan fingerprint density at radius 3 is 2.16 bits per heavy atom. The van der Waals surface area contributed by atoms with Crippen molar-refractivity contribution in [2.75, 3.05) is 11.3 Å². The molecule has 0 aliphatic rings. The van der Waals surface area contributed by atoms with Crippen LogP contribution in [0.1, 0.15) is 0 Å². The van der Waals surface area contributed by atoms with Crippen LogP contribution < -0.4 is 18.9 Å². The standard InChI is InChI=1S/C21H15F3INO9S2/c22-21(23,24)35-16-2-1-3-17(10-16)36(28,29)26-13-4-6-14(7-5-13)34-20(27)12-33-15-8-9-19(18(25)11-15)37(30,31)32/h1-11,26H,12H2,(H,30,31,32). The largest absolute Gasteiger partial charge is 0.573 e. The normalized spacial score (nSPS) is 12.0. The van der Waals surface area contributed by atoms with Crippen molar-refractivity contribution in [3.63, 3.8) is 0 Å². The van der Waals surface area contributed by atoms with Crippen molar-refractivity contribution in [2.45, 2.75) is 16.2 Å². The third-order valence-corrected chi connectivity index (χ3v) is 7.77. The van der Waals surface area contributed by atoms with Crippen molar-refractivity contribution in [3.8, 4) is 17.2 Å². The number of benzene rings is 3. The number of ether oxygens (including phenoxy) is 3. The maximum absolute atomic E-state index is 12.5. The van der Waals surface area contributed by atoms with Gasteiger partial charge in [-0.2, -0.15) is 8.42 Å². The number of nitrogens with one attached hydrogen (secondary N) is 1. The van der Waals surface area contributed by atoms with Gasteiger partial charge in [0.2, 0.25) is 0 Å². The highest BCUT2D eigenvalue weighted by Gasteiger charge is 2.31. The van der Waals surface area contributed by atoms with Crippen LogP contribution in [0.4, 0.5) is 18.9 Å². The zero-order valence-electron chi connectivity index (χ0n) is 18.1. The molecular weight excluding hydrogens is 658 g/mol. The number of carbonyl (C=O) groups is 1. The molecule has 0 bridgehead atoms. The smallest absolute Gasteiger partial charge is 0.482 e. The Hall–Kier alpha value is -3.09. The van der Waals surface area contributed by atoms with Crippen LogP contribution in [0.2, 0.25) is 0 Å². The highest BCUT2D eigenvalue weighted by atomic mass is 127. The monoisotopic (exact) mass is 673 g/mol. The molecule has 0 unspecified atom stereocenters. The summed E-state index contributed by atoms with van der Waals surface area (Å²) in [5.74, 6) is -1.36. The first-order chi connectivity index (χ1) is 17.1. The molecule has 0 aliphatic heterocycles. The average molecular weight is 673 g/mol. The quantitative estimate of drug-likeness (QED) is 0.148. The summed E-state index contributed by atoms with van der Waals surface area (Å²) in [5, 5.41) is 0. The van der Waals surface area contributed by atoms with Crippen LogP contribution in [0.15, 0.2) is 76.5 Å². The van der Waals surface area contributed by atoms with Gasteiger partial charge in [-0.05, 0) is 77.2 Å². The van der Waals surface area contributed by atoms with Gasteiger partial charge in [0.1, 0.15) is 22.1 Å². The molecule has 0 radical (unpaired) electrons. The van der Waals surface area contributed by atoms with Crippen LogP contribution in [0.25, 0.3) is 0 Å². The van der Waals surface area contributed by atoms with Crippen LogP contribution in [0, 0.1) is 3.57 Å². The van der Waals surface area contributed by atoms with Crippen molar-refractivity contribution in [3.05, 3.63) is 70.3 Å². The van der Waals surface area contributed by atoms with Gasteiger partial charge in [0, 0.05) is 15.3 Å². The molecule has 16 heteroatoms. The Kier molecular flexibility index (Phi) is 8.56. The Morgan fingerprint density at radius 2 is 1.57 bits per heavy atom.